The van der Waals surface area contributed by atoms with Crippen LogP contribution in [0.4, 0.5) is 0 Å². The number of hydrogen-bond acceptors (Lipinski definition) is 3. The van der Waals surface area contributed by atoms with Gasteiger partial charge >= 0.3 is 0 Å². The molecule has 1 aromatic rings. The molecule has 1 fully saturated rings. The molecule has 0 spiro atoms. The van der Waals surface area contributed by atoms with Crippen LogP contribution in [0, 0.1) is 13.8 Å². The molecular weight excluding hydrogens is 252 g/mol. The van der Waals surface area contributed by atoms with Gasteiger partial charge in [0.25, 0.3) is 0 Å². The van der Waals surface area contributed by atoms with Gasteiger partial charge < -0.3 is 0 Å². The van der Waals surface area contributed by atoms with E-state index in [1.165, 1.54) is 48.8 Å². The summed E-state index contributed by atoms with van der Waals surface area (Å²) in [6.07, 6.45) is 7.00. The highest BCUT2D eigenvalue weighted by molar-refractivity contribution is 7.99. The van der Waals surface area contributed by atoms with Gasteiger partial charge in [-0.15, -0.1) is 0 Å². The predicted octanol–water partition coefficient (Wildman–Crippen LogP) is 3.87. The van der Waals surface area contributed by atoms with Crippen LogP contribution in [0.3, 0.4) is 0 Å². The molecule has 1 aliphatic carbocycles. The lowest BCUT2D eigenvalue weighted by Crippen LogP contribution is -2.30. The van der Waals surface area contributed by atoms with Crippen LogP contribution in [0.2, 0.25) is 0 Å². The van der Waals surface area contributed by atoms with Crippen molar-refractivity contribution in [2.24, 2.45) is 5.84 Å². The zero-order valence-electron chi connectivity index (χ0n) is 12.1. The minimum Gasteiger partial charge on any atom is -0.271 e. The highest BCUT2D eigenvalue weighted by atomic mass is 32.2. The van der Waals surface area contributed by atoms with Gasteiger partial charge in [0.2, 0.25) is 0 Å². The lowest BCUT2D eigenvalue weighted by molar-refractivity contribution is 0.514. The largest absolute Gasteiger partial charge is 0.271 e. The second kappa shape index (κ2) is 7.32. The lowest BCUT2D eigenvalue weighted by Gasteiger charge is -2.24. The van der Waals surface area contributed by atoms with Crippen LogP contribution >= 0.6 is 11.8 Å². The molecule has 1 aliphatic rings. The third-order valence-electron chi connectivity index (χ3n) is 4.19. The Kier molecular flexibility index (Phi) is 5.74. The fourth-order valence-electron chi connectivity index (χ4n) is 2.69. The molecule has 106 valence electrons. The molecule has 0 bridgehead atoms. The van der Waals surface area contributed by atoms with Gasteiger partial charge in [-0.3, -0.25) is 11.3 Å². The summed E-state index contributed by atoms with van der Waals surface area (Å²) >= 11 is 2.09. The molecule has 1 aromatic carbocycles. The van der Waals surface area contributed by atoms with E-state index in [-0.39, 0.29) is 6.04 Å². The van der Waals surface area contributed by atoms with Gasteiger partial charge in [0.15, 0.2) is 0 Å². The molecular formula is C16H26N2S. The summed E-state index contributed by atoms with van der Waals surface area (Å²) in [5, 5.41) is 0.844. The zero-order chi connectivity index (χ0) is 13.7. The Morgan fingerprint density at radius 3 is 2.58 bits per heavy atom. The molecule has 3 heteroatoms. The van der Waals surface area contributed by atoms with E-state index in [1.54, 1.807) is 0 Å². The molecule has 2 nitrogen and oxygen atoms in total. The Hall–Kier alpha value is -0.510. The van der Waals surface area contributed by atoms with Crippen molar-refractivity contribution in [1.29, 1.82) is 0 Å². The molecule has 0 heterocycles. The summed E-state index contributed by atoms with van der Waals surface area (Å²) in [4.78, 5) is 0. The van der Waals surface area contributed by atoms with Crippen molar-refractivity contribution >= 4 is 11.8 Å². The number of hydrazine groups is 1. The van der Waals surface area contributed by atoms with Crippen LogP contribution in [0.5, 0.6) is 0 Å². The second-order valence-electron chi connectivity index (χ2n) is 5.66. The average Bonchev–Trinajstić information content (AvgIpc) is 2.44. The Bertz CT molecular complexity index is 400. The first kappa shape index (κ1) is 14.9. The predicted molar refractivity (Wildman–Crippen MR) is 85.3 cm³/mol. The van der Waals surface area contributed by atoms with E-state index in [9.17, 15) is 0 Å². The quantitative estimate of drug-likeness (QED) is 0.634. The molecule has 3 N–H and O–H groups in total. The van der Waals surface area contributed by atoms with Crippen LogP contribution in [-0.4, -0.2) is 11.0 Å². The van der Waals surface area contributed by atoms with Gasteiger partial charge in [-0.1, -0.05) is 37.5 Å². The summed E-state index contributed by atoms with van der Waals surface area (Å²) in [6.45, 7) is 4.32. The Morgan fingerprint density at radius 1 is 1.21 bits per heavy atom. The number of hydrogen-bond donors (Lipinski definition) is 2. The molecule has 1 saturated carbocycles. The molecule has 19 heavy (non-hydrogen) atoms. The third kappa shape index (κ3) is 4.23. The number of aryl methyl sites for hydroxylation is 2. The van der Waals surface area contributed by atoms with Crippen molar-refractivity contribution in [3.05, 3.63) is 34.9 Å². The maximum absolute atomic E-state index is 5.75. The van der Waals surface area contributed by atoms with Gasteiger partial charge in [0, 0.05) is 11.0 Å². The fraction of sp³-hybridized carbons (Fsp3) is 0.625. The van der Waals surface area contributed by atoms with E-state index in [4.69, 9.17) is 5.84 Å². The van der Waals surface area contributed by atoms with E-state index >= 15 is 0 Å². The number of benzene rings is 1. The van der Waals surface area contributed by atoms with Crippen LogP contribution in [0.25, 0.3) is 0 Å². The minimum absolute atomic E-state index is 0.270. The van der Waals surface area contributed by atoms with Crippen molar-refractivity contribution < 1.29 is 0 Å². The summed E-state index contributed by atoms with van der Waals surface area (Å²) < 4.78 is 0. The van der Waals surface area contributed by atoms with Crippen molar-refractivity contribution in [3.8, 4) is 0 Å². The second-order valence-corrected chi connectivity index (χ2v) is 6.99. The highest BCUT2D eigenvalue weighted by Gasteiger charge is 2.17. The number of rotatable bonds is 5. The van der Waals surface area contributed by atoms with E-state index in [1.807, 2.05) is 0 Å². The molecule has 0 saturated heterocycles. The SMILES string of the molecule is Cc1ccc(C(CSC2CCCCC2)NN)cc1C. The molecule has 2 rings (SSSR count). The first-order valence-electron chi connectivity index (χ1n) is 7.35. The Labute approximate surface area is 121 Å². The van der Waals surface area contributed by atoms with Crippen LogP contribution in [0.1, 0.15) is 54.8 Å². The van der Waals surface area contributed by atoms with Crippen molar-refractivity contribution in [1.82, 2.24) is 5.43 Å². The molecule has 1 unspecified atom stereocenters. The van der Waals surface area contributed by atoms with Crippen molar-refractivity contribution in [3.63, 3.8) is 0 Å². The molecule has 0 aliphatic heterocycles. The number of nitrogens with one attached hydrogen (secondary N) is 1. The smallest absolute Gasteiger partial charge is 0.0550 e. The summed E-state index contributed by atoms with van der Waals surface area (Å²) in [7, 11) is 0. The van der Waals surface area contributed by atoms with Crippen LogP contribution in [0.15, 0.2) is 18.2 Å². The first-order chi connectivity index (χ1) is 9.20. The van der Waals surface area contributed by atoms with Gasteiger partial charge in [0.05, 0.1) is 6.04 Å². The van der Waals surface area contributed by atoms with E-state index in [0.29, 0.717) is 0 Å². The van der Waals surface area contributed by atoms with Crippen molar-refractivity contribution in [2.45, 2.75) is 57.2 Å². The summed E-state index contributed by atoms with van der Waals surface area (Å²) in [6, 6.07) is 6.93. The normalized spacial score (nSPS) is 18.5. The van der Waals surface area contributed by atoms with Gasteiger partial charge in [-0.2, -0.15) is 11.8 Å². The molecule has 0 radical (unpaired) electrons. The highest BCUT2D eigenvalue weighted by Crippen LogP contribution is 2.31. The maximum Gasteiger partial charge on any atom is 0.0550 e. The Morgan fingerprint density at radius 2 is 1.95 bits per heavy atom. The monoisotopic (exact) mass is 278 g/mol. The summed E-state index contributed by atoms with van der Waals surface area (Å²) in [5.74, 6) is 6.82. The van der Waals surface area contributed by atoms with E-state index in [2.05, 4.69) is 49.2 Å². The van der Waals surface area contributed by atoms with Crippen molar-refractivity contribution in [2.75, 3.05) is 5.75 Å². The zero-order valence-corrected chi connectivity index (χ0v) is 12.9. The summed E-state index contributed by atoms with van der Waals surface area (Å²) in [5.41, 5.74) is 6.99. The maximum atomic E-state index is 5.75. The van der Waals surface area contributed by atoms with E-state index < -0.39 is 0 Å². The third-order valence-corrected chi connectivity index (χ3v) is 5.65. The molecule has 1 atom stereocenters. The average molecular weight is 278 g/mol. The number of nitrogens with two attached hydrogens (primary N) is 1. The first-order valence-corrected chi connectivity index (χ1v) is 8.40. The van der Waals surface area contributed by atoms with Gasteiger partial charge in [-0.05, 0) is 43.4 Å². The van der Waals surface area contributed by atoms with E-state index in [0.717, 1.165) is 11.0 Å². The molecule has 0 aromatic heterocycles. The lowest BCUT2D eigenvalue weighted by atomic mass is 10.0. The standard InChI is InChI=1S/C16H26N2S/c1-12-8-9-14(10-13(12)2)16(18-17)11-19-15-6-4-3-5-7-15/h8-10,15-16,18H,3-7,11,17H2,1-2H3. The topological polar surface area (TPSA) is 38.0 Å². The molecule has 0 amide bonds. The van der Waals surface area contributed by atoms with Gasteiger partial charge in [-0.25, -0.2) is 0 Å². The number of thioether (sulfide) groups is 1. The van der Waals surface area contributed by atoms with Crippen LogP contribution in [-0.2, 0) is 0 Å². The van der Waals surface area contributed by atoms with Gasteiger partial charge in [0.1, 0.15) is 0 Å². The Balaban J connectivity index is 1.93. The van der Waals surface area contributed by atoms with Crippen LogP contribution < -0.4 is 11.3 Å². The fourth-order valence-corrected chi connectivity index (χ4v) is 4.11. The minimum atomic E-state index is 0.270.